The van der Waals surface area contributed by atoms with Crippen molar-refractivity contribution in [3.8, 4) is 0 Å². The van der Waals surface area contributed by atoms with Gasteiger partial charge in [0.2, 0.25) is 0 Å². The highest BCUT2D eigenvalue weighted by atomic mass is 79.9. The van der Waals surface area contributed by atoms with Crippen molar-refractivity contribution in [2.75, 3.05) is 5.73 Å². The number of H-pyrrole nitrogens is 1. The largest absolute Gasteiger partial charge is 0.399 e. The summed E-state index contributed by atoms with van der Waals surface area (Å²) in [6.07, 6.45) is 0. The Labute approximate surface area is 124 Å². The van der Waals surface area contributed by atoms with Crippen LogP contribution < -0.4 is 5.73 Å². The van der Waals surface area contributed by atoms with Crippen LogP contribution in [0.4, 0.5) is 5.69 Å². The van der Waals surface area contributed by atoms with E-state index in [1.54, 1.807) is 23.5 Å². The van der Waals surface area contributed by atoms with Gasteiger partial charge >= 0.3 is 0 Å². The molecule has 1 aromatic carbocycles. The van der Waals surface area contributed by atoms with Gasteiger partial charge < -0.3 is 10.7 Å². The van der Waals surface area contributed by atoms with E-state index in [0.717, 1.165) is 20.4 Å². The maximum absolute atomic E-state index is 12.3. The first-order chi connectivity index (χ1) is 9.13. The zero-order valence-electron chi connectivity index (χ0n) is 9.72. The van der Waals surface area contributed by atoms with Gasteiger partial charge in [0.15, 0.2) is 5.16 Å². The molecule has 0 aliphatic heterocycles. The van der Waals surface area contributed by atoms with Crippen molar-refractivity contribution in [3.05, 3.63) is 39.0 Å². The van der Waals surface area contributed by atoms with Crippen LogP contribution in [-0.2, 0) is 16.6 Å². The molecule has 3 rings (SSSR count). The van der Waals surface area contributed by atoms with Gasteiger partial charge in [0.25, 0.3) is 0 Å². The number of rotatable bonds is 3. The van der Waals surface area contributed by atoms with Gasteiger partial charge in [0.1, 0.15) is 0 Å². The predicted octanol–water partition coefficient (Wildman–Crippen LogP) is 3.28. The number of halogens is 1. The van der Waals surface area contributed by atoms with Crippen LogP contribution in [0.2, 0.25) is 0 Å². The van der Waals surface area contributed by atoms with Gasteiger partial charge in [-0.3, -0.25) is 4.21 Å². The molecule has 0 fully saturated rings. The molecule has 0 aliphatic rings. The monoisotopic (exact) mass is 355 g/mol. The average Bonchev–Trinajstić information content (AvgIpc) is 2.96. The highest BCUT2D eigenvalue weighted by Crippen LogP contribution is 2.25. The fourth-order valence-electron chi connectivity index (χ4n) is 1.73. The van der Waals surface area contributed by atoms with E-state index in [2.05, 4.69) is 25.9 Å². The van der Waals surface area contributed by atoms with Crippen LogP contribution in [-0.4, -0.2) is 14.2 Å². The Morgan fingerprint density at radius 1 is 1.42 bits per heavy atom. The van der Waals surface area contributed by atoms with Gasteiger partial charge in [-0.2, -0.15) is 0 Å². The number of fused-ring (bicyclic) bond motifs is 1. The fraction of sp³-hybridized carbons (Fsp3) is 0.0833. The molecule has 0 saturated heterocycles. The summed E-state index contributed by atoms with van der Waals surface area (Å²) in [4.78, 5) is 8.46. The lowest BCUT2D eigenvalue weighted by Crippen LogP contribution is -1.97. The minimum atomic E-state index is -1.19. The quantitative estimate of drug-likeness (QED) is 0.708. The zero-order valence-corrected chi connectivity index (χ0v) is 12.9. The number of imidazole rings is 1. The van der Waals surface area contributed by atoms with Gasteiger partial charge in [0, 0.05) is 15.0 Å². The first-order valence-corrected chi connectivity index (χ1v) is 8.48. The molecular weight excluding hydrogens is 346 g/mol. The topological polar surface area (TPSA) is 71.8 Å². The number of nitrogens with zero attached hydrogens (tertiary/aromatic N) is 1. The lowest BCUT2D eigenvalue weighted by Gasteiger charge is -1.96. The van der Waals surface area contributed by atoms with E-state index in [4.69, 9.17) is 5.73 Å². The van der Waals surface area contributed by atoms with Crippen LogP contribution in [0.1, 0.15) is 4.88 Å². The Kier molecular flexibility index (Phi) is 3.42. The van der Waals surface area contributed by atoms with Crippen molar-refractivity contribution in [1.82, 2.24) is 9.97 Å². The number of aromatic nitrogens is 2. The highest BCUT2D eigenvalue weighted by molar-refractivity contribution is 9.10. The molecule has 3 aromatic rings. The molecule has 0 amide bonds. The third-order valence-electron chi connectivity index (χ3n) is 2.65. The summed E-state index contributed by atoms with van der Waals surface area (Å²) in [6.45, 7) is 0. The molecule has 7 heteroatoms. The second-order valence-corrected chi connectivity index (χ2v) is 7.22. The van der Waals surface area contributed by atoms with Crippen LogP contribution >= 0.6 is 27.3 Å². The molecule has 0 saturated carbocycles. The molecule has 1 unspecified atom stereocenters. The summed E-state index contributed by atoms with van der Waals surface area (Å²) in [6, 6.07) is 7.36. The number of nitrogens with two attached hydrogens (primary N) is 1. The predicted molar refractivity (Wildman–Crippen MR) is 82.6 cm³/mol. The summed E-state index contributed by atoms with van der Waals surface area (Å²) < 4.78 is 13.3. The van der Waals surface area contributed by atoms with E-state index < -0.39 is 10.8 Å². The Hall–Kier alpha value is -1.18. The maximum Gasteiger partial charge on any atom is 0.197 e. The summed E-state index contributed by atoms with van der Waals surface area (Å²) in [7, 11) is -1.19. The van der Waals surface area contributed by atoms with E-state index in [1.807, 2.05) is 17.5 Å². The van der Waals surface area contributed by atoms with Gasteiger partial charge in [-0.25, -0.2) is 4.98 Å². The Morgan fingerprint density at radius 3 is 3.00 bits per heavy atom. The van der Waals surface area contributed by atoms with Crippen molar-refractivity contribution in [2.45, 2.75) is 10.9 Å². The summed E-state index contributed by atoms with van der Waals surface area (Å²) in [5.41, 5.74) is 7.97. The number of benzene rings is 1. The van der Waals surface area contributed by atoms with Gasteiger partial charge in [-0.1, -0.05) is 0 Å². The van der Waals surface area contributed by atoms with Crippen LogP contribution in [0.25, 0.3) is 11.0 Å². The van der Waals surface area contributed by atoms with E-state index in [0.29, 0.717) is 16.6 Å². The van der Waals surface area contributed by atoms with E-state index in [-0.39, 0.29) is 0 Å². The van der Waals surface area contributed by atoms with Crippen LogP contribution in [0.15, 0.2) is 39.3 Å². The summed E-state index contributed by atoms with van der Waals surface area (Å²) >= 11 is 5.02. The second kappa shape index (κ2) is 5.07. The number of aromatic amines is 1. The van der Waals surface area contributed by atoms with Crippen molar-refractivity contribution in [2.24, 2.45) is 0 Å². The fourth-order valence-corrected chi connectivity index (χ4v) is 4.74. The van der Waals surface area contributed by atoms with E-state index >= 15 is 0 Å². The smallest absolute Gasteiger partial charge is 0.197 e. The summed E-state index contributed by atoms with van der Waals surface area (Å²) in [5, 5.41) is 2.46. The lowest BCUT2D eigenvalue weighted by molar-refractivity contribution is 0.677. The molecule has 0 spiro atoms. The molecule has 0 radical (unpaired) electrons. The van der Waals surface area contributed by atoms with Gasteiger partial charge in [0.05, 0.1) is 27.6 Å². The minimum absolute atomic E-state index is 0.452. The third kappa shape index (κ3) is 2.58. The van der Waals surface area contributed by atoms with Crippen LogP contribution in [0.3, 0.4) is 0 Å². The summed E-state index contributed by atoms with van der Waals surface area (Å²) in [5.74, 6) is 0.452. The first kappa shape index (κ1) is 12.8. The molecule has 4 nitrogen and oxygen atoms in total. The van der Waals surface area contributed by atoms with Crippen molar-refractivity contribution < 1.29 is 4.21 Å². The van der Waals surface area contributed by atoms with Crippen molar-refractivity contribution >= 4 is 54.8 Å². The molecule has 0 aliphatic carbocycles. The number of hydrogen-bond acceptors (Lipinski definition) is 4. The number of anilines is 1. The maximum atomic E-state index is 12.3. The molecular formula is C12H10BrN3OS2. The van der Waals surface area contributed by atoms with Crippen molar-refractivity contribution in [3.63, 3.8) is 0 Å². The zero-order chi connectivity index (χ0) is 13.4. The molecule has 3 N–H and O–H groups in total. The van der Waals surface area contributed by atoms with Gasteiger partial charge in [-0.15, -0.1) is 11.3 Å². The second-order valence-electron chi connectivity index (χ2n) is 4.00. The average molecular weight is 356 g/mol. The van der Waals surface area contributed by atoms with E-state index in [9.17, 15) is 4.21 Å². The Balaban J connectivity index is 1.91. The molecule has 0 bridgehead atoms. The number of thiophene rings is 1. The lowest BCUT2D eigenvalue weighted by atomic mass is 10.3. The highest BCUT2D eigenvalue weighted by Gasteiger charge is 2.13. The Morgan fingerprint density at radius 2 is 2.26 bits per heavy atom. The Bertz CT molecular complexity index is 765. The van der Waals surface area contributed by atoms with Crippen LogP contribution in [0.5, 0.6) is 0 Å². The third-order valence-corrected chi connectivity index (χ3v) is 5.94. The molecule has 1 atom stereocenters. The molecule has 19 heavy (non-hydrogen) atoms. The van der Waals surface area contributed by atoms with Crippen molar-refractivity contribution in [1.29, 1.82) is 0 Å². The standard InChI is InChI=1S/C12H10BrN3OS2/c13-8-3-4-18-11(8)6-19(17)12-15-9-2-1-7(14)5-10(9)16-12/h1-5H,6,14H2,(H,15,16). The number of hydrogen-bond donors (Lipinski definition) is 2. The molecule has 2 heterocycles. The first-order valence-electron chi connectivity index (χ1n) is 5.49. The SMILES string of the molecule is Nc1ccc2nc(S(=O)Cc3sccc3Br)[nH]c2c1. The molecule has 2 aromatic heterocycles. The molecule has 98 valence electrons. The number of nitrogens with one attached hydrogen (secondary N) is 1. The van der Waals surface area contributed by atoms with E-state index in [1.165, 1.54) is 0 Å². The van der Waals surface area contributed by atoms with Gasteiger partial charge in [-0.05, 0) is 45.6 Å². The normalized spacial score (nSPS) is 12.9. The van der Waals surface area contributed by atoms with Crippen LogP contribution in [0, 0.1) is 0 Å². The minimum Gasteiger partial charge on any atom is -0.399 e. The number of nitrogen functional groups attached to an aromatic ring is 1.